The number of urea groups is 1. The lowest BCUT2D eigenvalue weighted by Crippen LogP contribution is -2.54. The Kier molecular flexibility index (Phi) is 5.56. The number of sulfonamides is 1. The summed E-state index contributed by atoms with van der Waals surface area (Å²) in [7, 11) is -4.51. The molecule has 0 N–H and O–H groups in total. The van der Waals surface area contributed by atoms with Crippen LogP contribution < -0.4 is 9.21 Å². The van der Waals surface area contributed by atoms with Crippen LogP contribution in [0.15, 0.2) is 47.4 Å². The summed E-state index contributed by atoms with van der Waals surface area (Å²) in [4.78, 5) is 27.9. The molecule has 1 aliphatic rings. The number of para-hydroxylation sites is 1. The Labute approximate surface area is 167 Å². The summed E-state index contributed by atoms with van der Waals surface area (Å²) in [5.74, 6) is -2.40. The zero-order chi connectivity index (χ0) is 21.3. The van der Waals surface area contributed by atoms with E-state index in [2.05, 4.69) is 0 Å². The molecule has 0 saturated heterocycles. The van der Waals surface area contributed by atoms with E-state index < -0.39 is 45.8 Å². The van der Waals surface area contributed by atoms with Crippen LogP contribution in [0, 0.1) is 11.6 Å². The Bertz CT molecular complexity index is 1070. The van der Waals surface area contributed by atoms with Crippen LogP contribution in [0.3, 0.4) is 0 Å². The van der Waals surface area contributed by atoms with Crippen molar-refractivity contribution in [2.75, 3.05) is 28.8 Å². The van der Waals surface area contributed by atoms with Gasteiger partial charge in [-0.05, 0) is 38.1 Å². The van der Waals surface area contributed by atoms with Gasteiger partial charge in [-0.2, -0.15) is 4.31 Å². The van der Waals surface area contributed by atoms with Gasteiger partial charge in [-0.1, -0.05) is 12.1 Å². The van der Waals surface area contributed by atoms with Crippen LogP contribution in [0.25, 0.3) is 0 Å². The van der Waals surface area contributed by atoms with Gasteiger partial charge in [-0.3, -0.25) is 9.69 Å². The van der Waals surface area contributed by atoms with Crippen LogP contribution in [0.4, 0.5) is 25.0 Å². The normalized spacial score (nSPS) is 15.2. The summed E-state index contributed by atoms with van der Waals surface area (Å²) in [6.45, 7) is 3.90. The Morgan fingerprint density at radius 3 is 2.34 bits per heavy atom. The molecule has 0 unspecified atom stereocenters. The number of likely N-dealkylation sites (N-methyl/N-ethyl adjacent to an activating group) is 1. The number of nitrogens with zero attached hydrogens (tertiary/aromatic N) is 3. The van der Waals surface area contributed by atoms with Crippen LogP contribution in [0.1, 0.15) is 13.8 Å². The third kappa shape index (κ3) is 3.55. The smallest absolute Gasteiger partial charge is 0.342 e. The first-order valence-corrected chi connectivity index (χ1v) is 10.3. The maximum Gasteiger partial charge on any atom is 0.343 e. The molecular formula is C19H19F2N3O4S. The minimum Gasteiger partial charge on any atom is -0.342 e. The van der Waals surface area contributed by atoms with Crippen LogP contribution in [0.2, 0.25) is 0 Å². The monoisotopic (exact) mass is 423 g/mol. The molecule has 2 aromatic carbocycles. The topological polar surface area (TPSA) is 78.0 Å². The second kappa shape index (κ2) is 7.78. The Morgan fingerprint density at radius 2 is 1.69 bits per heavy atom. The van der Waals surface area contributed by atoms with E-state index in [1.807, 2.05) is 0 Å². The van der Waals surface area contributed by atoms with Crippen molar-refractivity contribution in [1.29, 1.82) is 0 Å². The van der Waals surface area contributed by atoms with Gasteiger partial charge in [0.2, 0.25) is 5.91 Å². The minimum absolute atomic E-state index is 0.00562. The maximum absolute atomic E-state index is 14.4. The molecular weight excluding hydrogens is 404 g/mol. The zero-order valence-electron chi connectivity index (χ0n) is 15.8. The summed E-state index contributed by atoms with van der Waals surface area (Å²) in [5.41, 5.74) is -0.740. The molecule has 3 rings (SSSR count). The van der Waals surface area contributed by atoms with Gasteiger partial charge in [0.05, 0.1) is 5.69 Å². The lowest BCUT2D eigenvalue weighted by Gasteiger charge is -2.36. The van der Waals surface area contributed by atoms with Gasteiger partial charge >= 0.3 is 6.03 Å². The lowest BCUT2D eigenvalue weighted by atomic mass is 10.2. The fourth-order valence-corrected chi connectivity index (χ4v) is 4.74. The van der Waals surface area contributed by atoms with E-state index >= 15 is 0 Å². The molecule has 0 spiro atoms. The number of halogens is 2. The highest BCUT2D eigenvalue weighted by Crippen LogP contribution is 2.38. The molecule has 10 heteroatoms. The van der Waals surface area contributed by atoms with Gasteiger partial charge in [0.15, 0.2) is 0 Å². The predicted molar refractivity (Wildman–Crippen MR) is 103 cm³/mol. The van der Waals surface area contributed by atoms with Crippen LogP contribution in [-0.4, -0.2) is 44.9 Å². The number of carbonyl (C=O) groups excluding carboxylic acids is 2. The summed E-state index contributed by atoms with van der Waals surface area (Å²) >= 11 is 0. The molecule has 0 fully saturated rings. The summed E-state index contributed by atoms with van der Waals surface area (Å²) in [6, 6.07) is 6.62. The molecule has 3 amide bonds. The fraction of sp³-hybridized carbons (Fsp3) is 0.263. The average Bonchev–Trinajstić information content (AvgIpc) is 2.69. The molecule has 1 heterocycles. The largest absolute Gasteiger partial charge is 0.343 e. The van der Waals surface area contributed by atoms with E-state index in [0.29, 0.717) is 19.2 Å². The second-order valence-electron chi connectivity index (χ2n) is 6.27. The molecule has 0 aromatic heterocycles. The highest BCUT2D eigenvalue weighted by atomic mass is 32.2. The van der Waals surface area contributed by atoms with Gasteiger partial charge in [-0.15, -0.1) is 0 Å². The summed E-state index contributed by atoms with van der Waals surface area (Å²) in [6.07, 6.45) is 0. The van der Waals surface area contributed by atoms with Gasteiger partial charge in [0, 0.05) is 19.2 Å². The Balaban J connectivity index is 2.17. The standard InChI is InChI=1S/C19H19F2N3O4S/c1-3-22(4-2)18(25)12-23-15-7-5-6-8-17(15)29(27,28)24(19(23)26)16-11-13(20)9-10-14(16)21/h5-11H,3-4,12H2,1-2H3. The number of carbonyl (C=O) groups is 2. The number of hydrogen-bond acceptors (Lipinski definition) is 4. The Morgan fingerprint density at radius 1 is 1.03 bits per heavy atom. The van der Waals surface area contributed by atoms with Crippen molar-refractivity contribution >= 4 is 33.3 Å². The van der Waals surface area contributed by atoms with E-state index in [1.54, 1.807) is 13.8 Å². The van der Waals surface area contributed by atoms with E-state index in [9.17, 15) is 26.8 Å². The quantitative estimate of drug-likeness (QED) is 0.741. The van der Waals surface area contributed by atoms with Crippen molar-refractivity contribution in [3.05, 3.63) is 54.1 Å². The van der Waals surface area contributed by atoms with Crippen molar-refractivity contribution < 1.29 is 26.8 Å². The SMILES string of the molecule is CCN(CC)C(=O)CN1C(=O)N(c2cc(F)ccc2F)S(=O)(=O)c2ccccc21. The van der Waals surface area contributed by atoms with Crippen molar-refractivity contribution in [3.8, 4) is 0 Å². The fourth-order valence-electron chi connectivity index (χ4n) is 3.15. The minimum atomic E-state index is -4.51. The van der Waals surface area contributed by atoms with Gasteiger partial charge in [0.25, 0.3) is 10.0 Å². The molecule has 0 saturated carbocycles. The van der Waals surface area contributed by atoms with Crippen molar-refractivity contribution in [1.82, 2.24) is 4.90 Å². The average molecular weight is 423 g/mol. The number of hydrogen-bond donors (Lipinski definition) is 0. The van der Waals surface area contributed by atoms with Crippen LogP contribution in [-0.2, 0) is 14.8 Å². The summed E-state index contributed by atoms with van der Waals surface area (Å²) < 4.78 is 54.4. The molecule has 0 atom stereocenters. The van der Waals surface area contributed by atoms with Crippen LogP contribution >= 0.6 is 0 Å². The number of amides is 3. The second-order valence-corrected chi connectivity index (χ2v) is 8.02. The molecule has 0 aliphatic carbocycles. The highest BCUT2D eigenvalue weighted by molar-refractivity contribution is 7.94. The third-order valence-electron chi connectivity index (χ3n) is 4.62. The molecule has 29 heavy (non-hydrogen) atoms. The summed E-state index contributed by atoms with van der Waals surface area (Å²) in [5, 5.41) is 0. The Hall–Kier alpha value is -3.01. The third-order valence-corrected chi connectivity index (χ3v) is 6.35. The van der Waals surface area contributed by atoms with E-state index in [-0.39, 0.29) is 14.9 Å². The molecule has 7 nitrogen and oxygen atoms in total. The van der Waals surface area contributed by atoms with Crippen molar-refractivity contribution in [2.24, 2.45) is 0 Å². The first kappa shape index (κ1) is 20.7. The number of anilines is 2. The molecule has 1 aliphatic heterocycles. The van der Waals surface area contributed by atoms with E-state index in [1.165, 1.54) is 29.2 Å². The van der Waals surface area contributed by atoms with Crippen molar-refractivity contribution in [3.63, 3.8) is 0 Å². The lowest BCUT2D eigenvalue weighted by molar-refractivity contribution is -0.129. The number of rotatable bonds is 5. The highest BCUT2D eigenvalue weighted by Gasteiger charge is 2.44. The maximum atomic E-state index is 14.4. The number of benzene rings is 2. The van der Waals surface area contributed by atoms with Crippen LogP contribution in [0.5, 0.6) is 0 Å². The first-order chi connectivity index (χ1) is 13.7. The molecule has 0 bridgehead atoms. The number of fused-ring (bicyclic) bond motifs is 1. The first-order valence-electron chi connectivity index (χ1n) is 8.91. The van der Waals surface area contributed by atoms with Gasteiger partial charge in [0.1, 0.15) is 28.8 Å². The van der Waals surface area contributed by atoms with Gasteiger partial charge in [-0.25, -0.2) is 22.0 Å². The molecule has 154 valence electrons. The van der Waals surface area contributed by atoms with Crippen molar-refractivity contribution in [2.45, 2.75) is 18.7 Å². The molecule has 0 radical (unpaired) electrons. The predicted octanol–water partition coefficient (Wildman–Crippen LogP) is 2.97. The van der Waals surface area contributed by atoms with E-state index in [4.69, 9.17) is 0 Å². The van der Waals surface area contributed by atoms with E-state index in [0.717, 1.165) is 17.0 Å². The zero-order valence-corrected chi connectivity index (χ0v) is 16.6. The molecule has 2 aromatic rings. The van der Waals surface area contributed by atoms with Gasteiger partial charge < -0.3 is 4.90 Å².